The van der Waals surface area contributed by atoms with Gasteiger partial charge in [0.25, 0.3) is 0 Å². The van der Waals surface area contributed by atoms with E-state index in [-0.39, 0.29) is 4.90 Å². The molecule has 0 unspecified atom stereocenters. The maximum absolute atomic E-state index is 12.7. The maximum atomic E-state index is 12.7. The van der Waals surface area contributed by atoms with E-state index < -0.39 is 31.5 Å². The van der Waals surface area contributed by atoms with Crippen LogP contribution in [-0.4, -0.2) is 65.2 Å². The Bertz CT molecular complexity index is 1380. The number of benzene rings is 3. The van der Waals surface area contributed by atoms with Crippen LogP contribution in [0, 0.1) is 0 Å². The third kappa shape index (κ3) is 5.52. The van der Waals surface area contributed by atoms with Crippen LogP contribution in [0.15, 0.2) is 71.6 Å². The number of nitrogens with zero attached hydrogens (tertiary/aromatic N) is 2. The molecule has 3 aromatic rings. The third-order valence-electron chi connectivity index (χ3n) is 5.63. The van der Waals surface area contributed by atoms with E-state index in [1.165, 1.54) is 16.6 Å². The first kappa shape index (κ1) is 23.2. The van der Waals surface area contributed by atoms with Crippen molar-refractivity contribution in [1.29, 1.82) is 0 Å². The van der Waals surface area contributed by atoms with Gasteiger partial charge in [0.15, 0.2) is 9.84 Å². The minimum Gasteiger partial charge on any atom is -0.369 e. The zero-order chi connectivity index (χ0) is 23.6. The van der Waals surface area contributed by atoms with Crippen LogP contribution < -0.4 is 10.2 Å². The van der Waals surface area contributed by atoms with Gasteiger partial charge >= 0.3 is 0 Å². The molecule has 10 heteroatoms. The van der Waals surface area contributed by atoms with Crippen molar-refractivity contribution in [2.45, 2.75) is 4.90 Å². The number of rotatable bonds is 6. The molecule has 3 aromatic carbocycles. The van der Waals surface area contributed by atoms with Crippen molar-refractivity contribution >= 4 is 47.9 Å². The summed E-state index contributed by atoms with van der Waals surface area (Å²) >= 11 is 0. The summed E-state index contributed by atoms with van der Waals surface area (Å²) in [4.78, 5) is 14.6. The van der Waals surface area contributed by atoms with Crippen molar-refractivity contribution in [3.63, 3.8) is 0 Å². The number of anilines is 2. The molecular formula is C23H25N3O5S2. The van der Waals surface area contributed by atoms with Crippen molar-refractivity contribution in [2.75, 3.05) is 48.4 Å². The van der Waals surface area contributed by atoms with Crippen LogP contribution in [-0.2, 0) is 24.7 Å². The average molecular weight is 488 g/mol. The first-order valence-corrected chi connectivity index (χ1v) is 13.9. The molecule has 0 aliphatic carbocycles. The van der Waals surface area contributed by atoms with E-state index >= 15 is 0 Å². The van der Waals surface area contributed by atoms with Crippen LogP contribution in [0.1, 0.15) is 0 Å². The SMILES string of the molecule is CS(=O)(=O)N1CCN(c2ccc(NC(=O)CS(=O)(=O)c3ccc4ccccc4c3)cc2)CC1. The standard InChI is InChI=1S/C23H25N3O5S2/c1-32(28,29)26-14-12-25(13-15-26)21-9-7-20(8-10-21)24-23(27)17-33(30,31)22-11-6-18-4-2-3-5-19(18)16-22/h2-11,16H,12-15,17H2,1H3,(H,24,27). The number of hydrogen-bond donors (Lipinski definition) is 1. The molecule has 1 aliphatic rings. The second-order valence-corrected chi connectivity index (χ2v) is 12.0. The Kier molecular flexibility index (Phi) is 6.42. The number of carbonyl (C=O) groups is 1. The number of sulfone groups is 1. The summed E-state index contributed by atoms with van der Waals surface area (Å²) in [7, 11) is -6.98. The Labute approximate surface area is 193 Å². The fourth-order valence-corrected chi connectivity index (χ4v) is 5.84. The van der Waals surface area contributed by atoms with E-state index in [1.54, 1.807) is 24.3 Å². The summed E-state index contributed by atoms with van der Waals surface area (Å²) < 4.78 is 50.2. The average Bonchev–Trinajstić information content (AvgIpc) is 2.78. The van der Waals surface area contributed by atoms with Crippen molar-refractivity contribution < 1.29 is 21.6 Å². The molecule has 1 aliphatic heterocycles. The largest absolute Gasteiger partial charge is 0.369 e. The van der Waals surface area contributed by atoms with Gasteiger partial charge in [-0.2, -0.15) is 4.31 Å². The molecule has 0 atom stereocenters. The Hall–Kier alpha value is -2.95. The van der Waals surface area contributed by atoms with Crippen LogP contribution in [0.25, 0.3) is 10.8 Å². The number of carbonyl (C=O) groups excluding carboxylic acids is 1. The lowest BCUT2D eigenvalue weighted by molar-refractivity contribution is -0.113. The van der Waals surface area contributed by atoms with Crippen LogP contribution in [0.3, 0.4) is 0 Å². The van der Waals surface area contributed by atoms with E-state index in [9.17, 15) is 21.6 Å². The first-order chi connectivity index (χ1) is 15.6. The Morgan fingerprint density at radius 2 is 1.48 bits per heavy atom. The molecule has 4 rings (SSSR count). The number of fused-ring (bicyclic) bond motifs is 1. The Balaban J connectivity index is 1.37. The monoisotopic (exact) mass is 487 g/mol. The lowest BCUT2D eigenvalue weighted by Gasteiger charge is -2.34. The molecule has 1 amide bonds. The number of nitrogens with one attached hydrogen (secondary N) is 1. The molecule has 0 aromatic heterocycles. The first-order valence-electron chi connectivity index (χ1n) is 10.4. The molecule has 33 heavy (non-hydrogen) atoms. The fraction of sp³-hybridized carbons (Fsp3) is 0.261. The van der Waals surface area contributed by atoms with Crippen LogP contribution in [0.5, 0.6) is 0 Å². The molecule has 174 valence electrons. The van der Waals surface area contributed by atoms with Gasteiger partial charge in [0.2, 0.25) is 15.9 Å². The molecule has 1 N–H and O–H groups in total. The second kappa shape index (κ2) is 9.12. The number of sulfonamides is 1. The summed E-state index contributed by atoms with van der Waals surface area (Å²) in [6, 6.07) is 19.3. The molecule has 1 heterocycles. The molecule has 1 fully saturated rings. The van der Waals surface area contributed by atoms with Crippen molar-refractivity contribution in [3.05, 3.63) is 66.7 Å². The lowest BCUT2D eigenvalue weighted by Crippen LogP contribution is -2.48. The topological polar surface area (TPSA) is 104 Å². The Morgan fingerprint density at radius 3 is 2.12 bits per heavy atom. The fourth-order valence-electron chi connectivity index (χ4n) is 3.85. The van der Waals surface area contributed by atoms with Crippen LogP contribution >= 0.6 is 0 Å². The Morgan fingerprint density at radius 1 is 0.848 bits per heavy atom. The van der Waals surface area contributed by atoms with Gasteiger partial charge in [0.05, 0.1) is 11.2 Å². The van der Waals surface area contributed by atoms with Gasteiger partial charge in [-0.25, -0.2) is 16.8 Å². The van der Waals surface area contributed by atoms with Crippen LogP contribution in [0.2, 0.25) is 0 Å². The van der Waals surface area contributed by atoms with Crippen molar-refractivity contribution in [2.24, 2.45) is 0 Å². The van der Waals surface area contributed by atoms with Gasteiger partial charge in [-0.05, 0) is 47.2 Å². The summed E-state index contributed by atoms with van der Waals surface area (Å²) in [5.41, 5.74) is 1.40. The molecular weight excluding hydrogens is 462 g/mol. The van der Waals surface area contributed by atoms with E-state index in [0.717, 1.165) is 16.5 Å². The van der Waals surface area contributed by atoms with E-state index in [4.69, 9.17) is 0 Å². The minimum atomic E-state index is -3.79. The zero-order valence-corrected chi connectivity index (χ0v) is 19.8. The minimum absolute atomic E-state index is 0.111. The lowest BCUT2D eigenvalue weighted by atomic mass is 10.1. The van der Waals surface area contributed by atoms with E-state index in [0.29, 0.717) is 31.9 Å². The van der Waals surface area contributed by atoms with Gasteiger partial charge in [-0.3, -0.25) is 4.79 Å². The van der Waals surface area contributed by atoms with E-state index in [1.807, 2.05) is 36.4 Å². The molecule has 8 nitrogen and oxygen atoms in total. The molecule has 0 radical (unpaired) electrons. The van der Waals surface area contributed by atoms with Gasteiger partial charge < -0.3 is 10.2 Å². The third-order valence-corrected chi connectivity index (χ3v) is 8.54. The summed E-state index contributed by atoms with van der Waals surface area (Å²) in [6.45, 7) is 1.99. The highest BCUT2D eigenvalue weighted by molar-refractivity contribution is 7.92. The predicted molar refractivity (Wildman–Crippen MR) is 130 cm³/mol. The van der Waals surface area contributed by atoms with Crippen molar-refractivity contribution in [1.82, 2.24) is 4.31 Å². The van der Waals surface area contributed by atoms with Crippen LogP contribution in [0.4, 0.5) is 11.4 Å². The number of piperazine rings is 1. The van der Waals surface area contributed by atoms with Gasteiger partial charge in [0, 0.05) is 37.6 Å². The highest BCUT2D eigenvalue weighted by Gasteiger charge is 2.24. The quantitative estimate of drug-likeness (QED) is 0.572. The van der Waals surface area contributed by atoms with Gasteiger partial charge in [0.1, 0.15) is 5.75 Å². The van der Waals surface area contributed by atoms with Gasteiger partial charge in [-0.1, -0.05) is 30.3 Å². The summed E-state index contributed by atoms with van der Waals surface area (Å²) in [5.74, 6) is -1.27. The maximum Gasteiger partial charge on any atom is 0.239 e. The van der Waals surface area contributed by atoms with Crippen molar-refractivity contribution in [3.8, 4) is 0 Å². The molecule has 0 bridgehead atoms. The molecule has 0 spiro atoms. The predicted octanol–water partition coefficient (Wildman–Crippen LogP) is 2.33. The summed E-state index contributed by atoms with van der Waals surface area (Å²) in [6.07, 6.45) is 1.21. The normalized spacial score (nSPS) is 15.5. The second-order valence-electron chi connectivity index (χ2n) is 8.01. The highest BCUT2D eigenvalue weighted by atomic mass is 32.2. The smallest absolute Gasteiger partial charge is 0.239 e. The highest BCUT2D eigenvalue weighted by Crippen LogP contribution is 2.22. The van der Waals surface area contributed by atoms with Gasteiger partial charge in [-0.15, -0.1) is 0 Å². The molecule has 1 saturated heterocycles. The van der Waals surface area contributed by atoms with E-state index in [2.05, 4.69) is 10.2 Å². The summed E-state index contributed by atoms with van der Waals surface area (Å²) in [5, 5.41) is 4.37. The zero-order valence-electron chi connectivity index (χ0n) is 18.1. The number of amides is 1. The number of hydrogen-bond acceptors (Lipinski definition) is 6. The molecule has 0 saturated carbocycles.